The number of rotatable bonds is 10. The molecular formula is C52H64O12S10. The van der Waals surface area contributed by atoms with Gasteiger partial charge in [-0.15, -0.1) is 57.1 Å². The number of carboxylic acids is 2. The van der Waals surface area contributed by atoms with Gasteiger partial charge < -0.3 is 14.9 Å². The summed E-state index contributed by atoms with van der Waals surface area (Å²) in [6.07, 6.45) is 0. The van der Waals surface area contributed by atoms with Gasteiger partial charge in [0.05, 0.1) is 14.7 Å². The Kier molecular flexibility index (Phi) is 29.7. The second-order valence-corrected chi connectivity index (χ2v) is 25.0. The monoisotopic (exact) mass is 1200 g/mol. The van der Waals surface area contributed by atoms with Gasteiger partial charge in [-0.05, 0) is 53.2 Å². The SMILES string of the molecule is C.C.C.CC.CC.CC(=O)C1=C(C(C)=O)C2CSCC2S1.CC(=O)c1sc2cscc2c1C(C)=O.CC(=O)c1sc2cscc2c1C(C)=O.O=C(O)c1cc2c(s1)CSC2.O=COc1c(C(=O)O)sc2c1CSC2. The molecule has 12 nitrogen and oxygen atoms in total. The zero-order valence-corrected chi connectivity index (χ0v) is 48.6. The lowest BCUT2D eigenvalue weighted by molar-refractivity contribution is -0.120. The number of carbonyl (C=O) groups excluding carboxylic acids is 7. The summed E-state index contributed by atoms with van der Waals surface area (Å²) >= 11 is 15.6. The topological polar surface area (TPSA) is 203 Å². The van der Waals surface area contributed by atoms with Crippen LogP contribution in [0.4, 0.5) is 0 Å². The van der Waals surface area contributed by atoms with Crippen molar-refractivity contribution in [1.29, 1.82) is 0 Å². The lowest BCUT2D eigenvalue weighted by Gasteiger charge is -2.08. The van der Waals surface area contributed by atoms with Crippen LogP contribution < -0.4 is 4.74 Å². The first kappa shape index (κ1) is 68.3. The molecular weight excluding hydrogens is 1140 g/mol. The quantitative estimate of drug-likeness (QED) is 0.0967. The Hall–Kier alpha value is -3.71. The molecule has 0 amide bonds. The van der Waals surface area contributed by atoms with Crippen LogP contribution in [0.3, 0.4) is 0 Å². The van der Waals surface area contributed by atoms with Gasteiger partial charge in [-0.1, -0.05) is 50.0 Å². The molecule has 0 spiro atoms. The molecule has 0 aliphatic carbocycles. The second kappa shape index (κ2) is 32.1. The summed E-state index contributed by atoms with van der Waals surface area (Å²) < 4.78 is 6.78. The zero-order chi connectivity index (χ0) is 52.9. The van der Waals surface area contributed by atoms with Crippen molar-refractivity contribution < 1.29 is 58.1 Å². The molecule has 404 valence electrons. The Morgan fingerprint density at radius 1 is 0.568 bits per heavy atom. The normalized spacial score (nSPS) is 14.8. The van der Waals surface area contributed by atoms with Gasteiger partial charge in [0.15, 0.2) is 45.3 Å². The molecule has 10 rings (SSSR count). The van der Waals surface area contributed by atoms with E-state index < -0.39 is 11.9 Å². The first-order valence-electron chi connectivity index (χ1n) is 21.8. The third-order valence-electron chi connectivity index (χ3n) is 10.1. The molecule has 2 unspecified atom stereocenters. The summed E-state index contributed by atoms with van der Waals surface area (Å²) in [5.41, 5.74) is 4.08. The molecule has 74 heavy (non-hydrogen) atoms. The Morgan fingerprint density at radius 3 is 1.51 bits per heavy atom. The zero-order valence-electron chi connectivity index (χ0n) is 40.4. The highest BCUT2D eigenvalue weighted by atomic mass is 32.2. The van der Waals surface area contributed by atoms with E-state index in [1.54, 1.807) is 66.1 Å². The van der Waals surface area contributed by atoms with Crippen LogP contribution in [-0.4, -0.2) is 80.1 Å². The summed E-state index contributed by atoms with van der Waals surface area (Å²) in [4.78, 5) is 105. The summed E-state index contributed by atoms with van der Waals surface area (Å²) in [7, 11) is 0. The molecule has 2 N–H and O–H groups in total. The van der Waals surface area contributed by atoms with Crippen LogP contribution in [0.25, 0.3) is 20.2 Å². The average Bonchev–Trinajstić information content (AvgIpc) is 4.15. The largest absolute Gasteiger partial charge is 0.477 e. The van der Waals surface area contributed by atoms with E-state index in [9.17, 15) is 43.2 Å². The number of allylic oxidation sites excluding steroid dienone is 2. The predicted octanol–water partition coefficient (Wildman–Crippen LogP) is 16.5. The van der Waals surface area contributed by atoms with Crippen molar-refractivity contribution in [2.24, 2.45) is 5.92 Å². The molecule has 0 bridgehead atoms. The van der Waals surface area contributed by atoms with Crippen molar-refractivity contribution in [2.45, 2.75) is 120 Å². The number of fused-ring (bicyclic) bond motifs is 5. The van der Waals surface area contributed by atoms with Gasteiger partial charge >= 0.3 is 11.9 Å². The molecule has 6 aromatic rings. The van der Waals surface area contributed by atoms with Crippen LogP contribution in [0.15, 0.2) is 38.1 Å². The lowest BCUT2D eigenvalue weighted by atomic mass is 9.94. The molecule has 0 radical (unpaired) electrons. The Labute approximate surface area is 474 Å². The van der Waals surface area contributed by atoms with E-state index in [1.807, 2.05) is 72.7 Å². The summed E-state index contributed by atoms with van der Waals surface area (Å²) in [6.45, 7) is 17.4. The van der Waals surface area contributed by atoms with Gasteiger partial charge in [-0.3, -0.25) is 33.6 Å². The van der Waals surface area contributed by atoms with E-state index in [2.05, 4.69) is 0 Å². The summed E-state index contributed by atoms with van der Waals surface area (Å²) in [5.74, 6) is 4.35. The molecule has 10 heterocycles. The van der Waals surface area contributed by atoms with Crippen LogP contribution in [0.2, 0.25) is 0 Å². The number of thioether (sulfide) groups is 4. The smallest absolute Gasteiger partial charge is 0.349 e. The molecule has 1 fully saturated rings. The average molecular weight is 1200 g/mol. The number of aromatic carboxylic acids is 2. The molecule has 4 aliphatic rings. The maximum Gasteiger partial charge on any atom is 0.349 e. The summed E-state index contributed by atoms with van der Waals surface area (Å²) in [6, 6.07) is 1.79. The van der Waals surface area contributed by atoms with Gasteiger partial charge in [0, 0.05) is 119 Å². The molecule has 2 atom stereocenters. The summed E-state index contributed by atoms with van der Waals surface area (Å²) in [5, 5.41) is 27.6. The first-order valence-corrected chi connectivity index (χ1v) is 31.3. The number of hydrogen-bond donors (Lipinski definition) is 2. The van der Waals surface area contributed by atoms with Crippen molar-refractivity contribution in [3.63, 3.8) is 0 Å². The van der Waals surface area contributed by atoms with Gasteiger partial charge in [-0.25, -0.2) is 9.59 Å². The highest BCUT2D eigenvalue weighted by molar-refractivity contribution is 8.07. The number of Topliss-reactive ketones (excluding diaryl/α,β-unsaturated/α-hetero) is 6. The fourth-order valence-electron chi connectivity index (χ4n) is 7.24. The molecule has 0 saturated carbocycles. The molecule has 1 saturated heterocycles. The van der Waals surface area contributed by atoms with Gasteiger partial charge in [0.25, 0.3) is 6.47 Å². The van der Waals surface area contributed by atoms with E-state index in [4.69, 9.17) is 14.9 Å². The molecule has 0 aromatic carbocycles. The number of ketones is 6. The molecule has 6 aromatic heterocycles. The highest BCUT2D eigenvalue weighted by Crippen LogP contribution is 2.49. The number of hydrogen-bond acceptors (Lipinski definition) is 20. The minimum Gasteiger partial charge on any atom is -0.477 e. The molecule has 22 heteroatoms. The van der Waals surface area contributed by atoms with Crippen molar-refractivity contribution in [3.05, 3.63) is 89.6 Å². The van der Waals surface area contributed by atoms with E-state index in [-0.39, 0.29) is 74.1 Å². The van der Waals surface area contributed by atoms with Crippen LogP contribution in [-0.2, 0) is 37.4 Å². The lowest BCUT2D eigenvalue weighted by Crippen LogP contribution is -2.15. The van der Waals surface area contributed by atoms with Crippen molar-refractivity contribution in [1.82, 2.24) is 0 Å². The van der Waals surface area contributed by atoms with Crippen LogP contribution in [0, 0.1) is 5.92 Å². The minimum atomic E-state index is -1.04. The van der Waals surface area contributed by atoms with Gasteiger partial charge in [0.2, 0.25) is 0 Å². The Morgan fingerprint density at radius 2 is 1.08 bits per heavy atom. The number of ether oxygens (including phenoxy) is 1. The minimum absolute atomic E-state index is 0. The Balaban J connectivity index is 0.000000451. The van der Waals surface area contributed by atoms with Crippen molar-refractivity contribution >= 4 is 188 Å². The highest BCUT2D eigenvalue weighted by Gasteiger charge is 2.42. The van der Waals surface area contributed by atoms with Crippen LogP contribution >= 0.6 is 115 Å². The van der Waals surface area contributed by atoms with Crippen LogP contribution in [0.1, 0.15) is 172 Å². The van der Waals surface area contributed by atoms with Crippen molar-refractivity contribution in [2.75, 3.05) is 11.5 Å². The number of thiophene rings is 6. The van der Waals surface area contributed by atoms with E-state index in [0.717, 1.165) is 75.6 Å². The maximum absolute atomic E-state index is 11.5. The predicted molar refractivity (Wildman–Crippen MR) is 322 cm³/mol. The second-order valence-electron chi connectivity index (χ2n) is 14.8. The third-order valence-corrected chi connectivity index (χ3v) is 22.1. The van der Waals surface area contributed by atoms with Gasteiger partial charge in [-0.2, -0.15) is 58.0 Å². The fraction of sp³-hybridized carbons (Fsp3) is 0.404. The number of carboxylic acid groups (broad SMARTS) is 2. The molecule has 4 aliphatic heterocycles. The van der Waals surface area contributed by atoms with E-state index in [0.29, 0.717) is 36.9 Å². The van der Waals surface area contributed by atoms with Crippen molar-refractivity contribution in [3.8, 4) is 5.75 Å². The van der Waals surface area contributed by atoms with Crippen LogP contribution in [0.5, 0.6) is 5.75 Å². The standard InChI is InChI=1S/C10H12O2S2.2C10H8O2S2.C8H6O4S2.C7H6O2S2.2C2H6.3CH4/c3*1-5(11)9-7-3-13-4-8(7)14-10(9)6(2)12;9-3-12-6-4-1-13-2-5(4)14-7(6)8(10)11;8-7(9)5-1-4-2-10-3-6(4)11-5;2*1-2;;;/h7-8H,3-4H2,1-2H3;2*3-4H,1-2H3;3H,1-2H2,(H,10,11);1H,2-3H2,(H,8,9);2*1-2H3;3*1H4. The van der Waals surface area contributed by atoms with E-state index in [1.165, 1.54) is 83.5 Å². The fourth-order valence-corrected chi connectivity index (χ4v) is 19.5. The third kappa shape index (κ3) is 16.4. The van der Waals surface area contributed by atoms with Gasteiger partial charge in [0.1, 0.15) is 4.88 Å². The Bertz CT molecular complexity index is 2870. The first-order chi connectivity index (χ1) is 33.8. The van der Waals surface area contributed by atoms with E-state index >= 15 is 0 Å². The maximum atomic E-state index is 11.5. The number of carbonyl (C=O) groups is 9.